The van der Waals surface area contributed by atoms with E-state index in [0.717, 1.165) is 14.2 Å². The Labute approximate surface area is 195 Å². The number of benzene rings is 2. The Bertz CT molecular complexity index is 992. The van der Waals surface area contributed by atoms with E-state index in [1.807, 2.05) is 0 Å². The minimum atomic E-state index is -5.06. The predicted octanol–water partition coefficient (Wildman–Crippen LogP) is 7.09. The molecule has 2 aromatic rings. The third-order valence-electron chi connectivity index (χ3n) is 4.65. The second-order valence-electron chi connectivity index (χ2n) is 6.78. The molecule has 2 aromatic carbocycles. The number of aldehydes is 1. The Morgan fingerprint density at radius 3 is 1.94 bits per heavy atom. The van der Waals surface area contributed by atoms with Gasteiger partial charge in [0.15, 0.2) is 0 Å². The van der Waals surface area contributed by atoms with Crippen LogP contribution in [-0.4, -0.2) is 26.2 Å². The van der Waals surface area contributed by atoms with E-state index >= 15 is 0 Å². The van der Waals surface area contributed by atoms with Gasteiger partial charge in [0.25, 0.3) is 0 Å². The molecule has 0 spiro atoms. The molecule has 4 nitrogen and oxygen atoms in total. The van der Waals surface area contributed by atoms with Crippen molar-refractivity contribution in [3.05, 3.63) is 68.7 Å². The third kappa shape index (κ3) is 6.61. The van der Waals surface area contributed by atoms with Gasteiger partial charge in [-0.1, -0.05) is 34.4 Å². The molecule has 0 aliphatic heterocycles. The van der Waals surface area contributed by atoms with Gasteiger partial charge in [0, 0.05) is 19.4 Å². The number of oxime groups is 1. The van der Waals surface area contributed by atoms with E-state index in [2.05, 4.69) is 5.16 Å². The highest BCUT2D eigenvalue weighted by Gasteiger charge is 2.39. The maximum atomic E-state index is 13.3. The second-order valence-corrected chi connectivity index (χ2v) is 7.60. The third-order valence-corrected chi connectivity index (χ3v) is 5.39. The average molecular weight is 516 g/mol. The number of rotatable bonds is 8. The minimum Gasteiger partial charge on any atom is -0.399 e. The summed E-state index contributed by atoms with van der Waals surface area (Å²) in [6.45, 7) is 0. The van der Waals surface area contributed by atoms with Crippen molar-refractivity contribution in [2.24, 2.45) is 5.16 Å². The molecule has 180 valence electrons. The fourth-order valence-corrected chi connectivity index (χ4v) is 3.52. The summed E-state index contributed by atoms with van der Waals surface area (Å²) in [7, 11) is 2.21. The maximum Gasteiger partial charge on any atom is 0.416 e. The van der Waals surface area contributed by atoms with Crippen LogP contribution in [0.25, 0.3) is 0 Å². The van der Waals surface area contributed by atoms with Crippen LogP contribution in [0.4, 0.5) is 26.3 Å². The summed E-state index contributed by atoms with van der Waals surface area (Å²) >= 11 is 12.0. The molecule has 0 aliphatic carbocycles. The Kier molecular flexibility index (Phi) is 8.78. The van der Waals surface area contributed by atoms with E-state index in [1.54, 1.807) is 0 Å². The van der Waals surface area contributed by atoms with Gasteiger partial charge >= 0.3 is 12.4 Å². The van der Waals surface area contributed by atoms with E-state index in [0.29, 0.717) is 24.0 Å². The molecular formula is C21H17Cl2F6NO3. The highest BCUT2D eigenvalue weighted by atomic mass is 35.5. The first-order valence-corrected chi connectivity index (χ1v) is 9.90. The summed E-state index contributed by atoms with van der Waals surface area (Å²) in [5.74, 6) is -0.953. The van der Waals surface area contributed by atoms with Gasteiger partial charge in [0.2, 0.25) is 0 Å². The molecule has 0 bridgehead atoms. The standard InChI is InChI=1S/C21H17Cl2F6NO3/c1-32-19(12-7-13(20(24,25)26)10-14(8-12)21(27,28)29)18(30-33-2)15(5-6-31)11-3-4-16(22)17(23)9-11/h3-4,6-10,15,19H,5H2,1-2H3. The fourth-order valence-electron chi connectivity index (χ4n) is 3.21. The zero-order chi connectivity index (χ0) is 25.0. The topological polar surface area (TPSA) is 47.9 Å². The molecule has 0 heterocycles. The monoisotopic (exact) mass is 515 g/mol. The van der Waals surface area contributed by atoms with E-state index in [-0.39, 0.29) is 28.2 Å². The van der Waals surface area contributed by atoms with Crippen molar-refractivity contribution in [3.63, 3.8) is 0 Å². The van der Waals surface area contributed by atoms with Gasteiger partial charge < -0.3 is 14.4 Å². The Morgan fingerprint density at radius 1 is 0.939 bits per heavy atom. The van der Waals surface area contributed by atoms with Gasteiger partial charge in [-0.15, -0.1) is 0 Å². The zero-order valence-electron chi connectivity index (χ0n) is 17.1. The number of nitrogens with zero attached hydrogens (tertiary/aromatic N) is 1. The van der Waals surface area contributed by atoms with Crippen molar-refractivity contribution >= 4 is 35.2 Å². The number of carbonyl (C=O) groups is 1. The molecule has 2 atom stereocenters. The molecule has 0 fully saturated rings. The summed E-state index contributed by atoms with van der Waals surface area (Å²) in [4.78, 5) is 16.2. The molecule has 0 saturated heterocycles. The normalized spacial score (nSPS) is 14.7. The molecule has 0 saturated carbocycles. The fraction of sp³-hybridized carbons (Fsp3) is 0.333. The van der Waals surface area contributed by atoms with Gasteiger partial charge in [-0.2, -0.15) is 26.3 Å². The SMILES string of the molecule is CON=C(C(CC=O)c1ccc(Cl)c(Cl)c1)C(OC)c1cc(C(F)(F)F)cc(C(F)(F)F)c1. The van der Waals surface area contributed by atoms with Crippen LogP contribution >= 0.6 is 23.2 Å². The van der Waals surface area contributed by atoms with Gasteiger partial charge in [0.1, 0.15) is 19.5 Å². The smallest absolute Gasteiger partial charge is 0.399 e. The van der Waals surface area contributed by atoms with E-state index in [4.69, 9.17) is 32.8 Å². The van der Waals surface area contributed by atoms with Crippen LogP contribution in [-0.2, 0) is 26.7 Å². The average Bonchev–Trinajstić information content (AvgIpc) is 2.73. The highest BCUT2D eigenvalue weighted by molar-refractivity contribution is 6.42. The summed E-state index contributed by atoms with van der Waals surface area (Å²) in [6.07, 6.45) is -11.4. The lowest BCUT2D eigenvalue weighted by atomic mass is 9.85. The Hall–Kier alpha value is -2.30. The van der Waals surface area contributed by atoms with Crippen LogP contribution in [0.15, 0.2) is 41.6 Å². The number of halogens is 8. The molecule has 0 radical (unpaired) electrons. The molecule has 0 aliphatic rings. The molecule has 33 heavy (non-hydrogen) atoms. The predicted molar refractivity (Wildman–Crippen MR) is 111 cm³/mol. The molecule has 2 rings (SSSR count). The van der Waals surface area contributed by atoms with E-state index in [1.165, 1.54) is 18.2 Å². The molecule has 0 N–H and O–H groups in total. The zero-order valence-corrected chi connectivity index (χ0v) is 18.6. The number of hydrogen-bond acceptors (Lipinski definition) is 4. The molecule has 12 heteroatoms. The van der Waals surface area contributed by atoms with Crippen molar-refractivity contribution in [1.29, 1.82) is 0 Å². The largest absolute Gasteiger partial charge is 0.416 e. The van der Waals surface area contributed by atoms with Crippen LogP contribution in [0.1, 0.15) is 40.7 Å². The molecule has 0 amide bonds. The molecule has 2 unspecified atom stereocenters. The van der Waals surface area contributed by atoms with Crippen molar-refractivity contribution in [3.8, 4) is 0 Å². The van der Waals surface area contributed by atoms with Crippen molar-refractivity contribution in [1.82, 2.24) is 0 Å². The van der Waals surface area contributed by atoms with Gasteiger partial charge in [-0.25, -0.2) is 0 Å². The minimum absolute atomic E-state index is 0.00519. The Morgan fingerprint density at radius 2 is 1.52 bits per heavy atom. The summed E-state index contributed by atoms with van der Waals surface area (Å²) < 4.78 is 85.3. The van der Waals surface area contributed by atoms with E-state index in [9.17, 15) is 31.1 Å². The second kappa shape index (κ2) is 10.8. The number of alkyl halides is 6. The highest BCUT2D eigenvalue weighted by Crippen LogP contribution is 2.40. The first-order chi connectivity index (χ1) is 15.3. The van der Waals surface area contributed by atoms with Crippen LogP contribution < -0.4 is 0 Å². The van der Waals surface area contributed by atoms with Gasteiger partial charge in [-0.3, -0.25) is 0 Å². The number of ether oxygens (including phenoxy) is 1. The number of methoxy groups -OCH3 is 1. The van der Waals surface area contributed by atoms with Crippen molar-refractivity contribution in [2.75, 3.05) is 14.2 Å². The lowest BCUT2D eigenvalue weighted by molar-refractivity contribution is -0.143. The lowest BCUT2D eigenvalue weighted by Crippen LogP contribution is -2.24. The van der Waals surface area contributed by atoms with Crippen LogP contribution in [0.5, 0.6) is 0 Å². The summed E-state index contributed by atoms with van der Waals surface area (Å²) in [6, 6.07) is 5.39. The lowest BCUT2D eigenvalue weighted by Gasteiger charge is -2.26. The van der Waals surface area contributed by atoms with Gasteiger partial charge in [-0.05, 0) is 41.5 Å². The quantitative estimate of drug-likeness (QED) is 0.163. The van der Waals surface area contributed by atoms with Crippen LogP contribution in [0.3, 0.4) is 0 Å². The van der Waals surface area contributed by atoms with E-state index < -0.39 is 41.1 Å². The summed E-state index contributed by atoms with van der Waals surface area (Å²) in [5.41, 5.74) is -3.29. The molecule has 0 aromatic heterocycles. The first-order valence-electron chi connectivity index (χ1n) is 9.15. The maximum absolute atomic E-state index is 13.3. The number of carbonyl (C=O) groups excluding carboxylic acids is 1. The van der Waals surface area contributed by atoms with Crippen LogP contribution in [0.2, 0.25) is 10.0 Å². The Balaban J connectivity index is 2.72. The van der Waals surface area contributed by atoms with Crippen LogP contribution in [0, 0.1) is 0 Å². The first kappa shape index (κ1) is 26.9. The number of hydrogen-bond donors (Lipinski definition) is 0. The van der Waals surface area contributed by atoms with Crippen molar-refractivity contribution < 1.29 is 40.7 Å². The summed E-state index contributed by atoms with van der Waals surface area (Å²) in [5, 5.41) is 4.12. The van der Waals surface area contributed by atoms with Gasteiger partial charge in [0.05, 0.1) is 26.9 Å². The van der Waals surface area contributed by atoms with Crippen molar-refractivity contribution in [2.45, 2.75) is 30.8 Å². The molecular weight excluding hydrogens is 499 g/mol.